The predicted molar refractivity (Wildman–Crippen MR) is 130 cm³/mol. The monoisotopic (exact) mass is 550 g/mol. The number of nitrogens with one attached hydrogen (secondary N) is 2. The number of pyridine rings is 1. The van der Waals surface area contributed by atoms with Gasteiger partial charge in [-0.15, -0.1) is 0 Å². The molecule has 2 atom stereocenters. The maximum Gasteiger partial charge on any atom is 0.394 e. The van der Waals surface area contributed by atoms with E-state index in [1.807, 2.05) is 4.57 Å². The molecule has 194 valence electrons. The lowest BCUT2D eigenvalue weighted by atomic mass is 9.90. The van der Waals surface area contributed by atoms with Crippen molar-refractivity contribution in [1.82, 2.24) is 40.0 Å². The number of imidazole rings is 1. The number of amides is 1. The summed E-state index contributed by atoms with van der Waals surface area (Å²) in [4.78, 5) is 29.9. The molecule has 0 spiro atoms. The van der Waals surface area contributed by atoms with Gasteiger partial charge in [0.15, 0.2) is 10.8 Å². The smallest absolute Gasteiger partial charge is 0.347 e. The minimum Gasteiger partial charge on any atom is -0.347 e. The summed E-state index contributed by atoms with van der Waals surface area (Å²) in [7, 11) is 0. The van der Waals surface area contributed by atoms with E-state index in [1.54, 1.807) is 12.3 Å². The molecule has 2 aliphatic rings. The standard InChI is InChI=1S/C23H22ClF3N8OS/c24-17-10-29-21(37-17)20(36)32-12-2-1-3-13(6-12)35-16-7-14(19-30-11-31-34-19)28-9-15(16)33-18(35)8-22(4-5-22)23(25,26)27/h7,9-13H,1-6,8H2,(H,32,36)(H,30,31,34)/t12-,13+/m0/s1. The summed E-state index contributed by atoms with van der Waals surface area (Å²) in [6.45, 7) is 0. The molecule has 0 aromatic carbocycles. The molecule has 0 aliphatic heterocycles. The van der Waals surface area contributed by atoms with Crippen LogP contribution in [-0.2, 0) is 6.42 Å². The highest BCUT2D eigenvalue weighted by Crippen LogP contribution is 2.59. The molecular formula is C23H22ClF3N8OS. The van der Waals surface area contributed by atoms with Gasteiger partial charge in [0.2, 0.25) is 0 Å². The van der Waals surface area contributed by atoms with Crippen molar-refractivity contribution in [1.29, 1.82) is 0 Å². The van der Waals surface area contributed by atoms with E-state index in [2.05, 4.69) is 35.5 Å². The molecule has 0 saturated heterocycles. The van der Waals surface area contributed by atoms with Crippen LogP contribution in [0.2, 0.25) is 4.34 Å². The first kappa shape index (κ1) is 24.3. The van der Waals surface area contributed by atoms with Crippen LogP contribution in [0.5, 0.6) is 0 Å². The number of carbonyl (C=O) groups excluding carboxylic acids is 1. The number of hydrogen-bond acceptors (Lipinski definition) is 7. The molecule has 14 heteroatoms. The highest BCUT2D eigenvalue weighted by atomic mass is 35.5. The quantitative estimate of drug-likeness (QED) is 0.344. The number of alkyl halides is 3. The number of rotatable bonds is 6. The fraction of sp³-hybridized carbons (Fsp3) is 0.478. The van der Waals surface area contributed by atoms with Gasteiger partial charge in [0.25, 0.3) is 5.91 Å². The van der Waals surface area contributed by atoms with Gasteiger partial charge in [0, 0.05) is 18.5 Å². The van der Waals surface area contributed by atoms with Gasteiger partial charge in [-0.25, -0.2) is 15.0 Å². The van der Waals surface area contributed by atoms with Crippen LogP contribution >= 0.6 is 22.9 Å². The summed E-state index contributed by atoms with van der Waals surface area (Å²) in [6.07, 6.45) is 3.02. The Morgan fingerprint density at radius 3 is 2.76 bits per heavy atom. The summed E-state index contributed by atoms with van der Waals surface area (Å²) >= 11 is 7.02. The van der Waals surface area contributed by atoms with E-state index in [0.717, 1.165) is 30.6 Å². The van der Waals surface area contributed by atoms with Gasteiger partial charge in [-0.05, 0) is 44.6 Å². The van der Waals surface area contributed by atoms with Crippen molar-refractivity contribution in [2.45, 2.75) is 63.2 Å². The van der Waals surface area contributed by atoms with Crippen molar-refractivity contribution in [2.75, 3.05) is 0 Å². The summed E-state index contributed by atoms with van der Waals surface area (Å²) in [5.74, 6) is 0.479. The second-order valence-corrected chi connectivity index (χ2v) is 11.4. The van der Waals surface area contributed by atoms with Crippen LogP contribution in [0.4, 0.5) is 13.2 Å². The predicted octanol–water partition coefficient (Wildman–Crippen LogP) is 5.13. The Kier molecular flexibility index (Phi) is 5.94. The highest BCUT2D eigenvalue weighted by Gasteiger charge is 2.63. The SMILES string of the molecule is O=C(N[C@H]1CCC[C@@H](n2c(CC3(C(F)(F)F)CC3)nc3cnc(-c4nc[nH]n4)cc32)C1)c1ncc(Cl)s1. The highest BCUT2D eigenvalue weighted by molar-refractivity contribution is 7.17. The minimum atomic E-state index is -4.30. The molecule has 1 amide bonds. The van der Waals surface area contributed by atoms with Gasteiger partial charge in [-0.2, -0.15) is 18.3 Å². The lowest BCUT2D eigenvalue weighted by Gasteiger charge is -2.32. The van der Waals surface area contributed by atoms with E-state index >= 15 is 0 Å². The maximum atomic E-state index is 13.9. The number of fused-ring (bicyclic) bond motifs is 1. The number of nitrogens with zero attached hydrogens (tertiary/aromatic N) is 6. The summed E-state index contributed by atoms with van der Waals surface area (Å²) in [6, 6.07) is 1.47. The molecule has 2 saturated carbocycles. The Balaban J connectivity index is 1.35. The van der Waals surface area contributed by atoms with Gasteiger partial charge in [0.1, 0.15) is 27.7 Å². The maximum absolute atomic E-state index is 13.9. The van der Waals surface area contributed by atoms with Crippen LogP contribution < -0.4 is 5.32 Å². The summed E-state index contributed by atoms with van der Waals surface area (Å²) < 4.78 is 44.0. The average Bonchev–Trinajstić information content (AvgIpc) is 3.20. The van der Waals surface area contributed by atoms with E-state index in [4.69, 9.17) is 11.6 Å². The molecule has 4 heterocycles. The molecule has 0 unspecified atom stereocenters. The zero-order chi connectivity index (χ0) is 25.8. The molecule has 2 fully saturated rings. The first-order valence-corrected chi connectivity index (χ1v) is 13.1. The Labute approximate surface area is 217 Å². The van der Waals surface area contributed by atoms with Crippen LogP contribution in [0.15, 0.2) is 24.8 Å². The van der Waals surface area contributed by atoms with Crippen molar-refractivity contribution in [3.8, 4) is 11.5 Å². The van der Waals surface area contributed by atoms with Crippen LogP contribution in [0, 0.1) is 5.41 Å². The number of aromatic nitrogens is 7. The third-order valence-corrected chi connectivity index (χ3v) is 8.38. The zero-order valence-electron chi connectivity index (χ0n) is 19.4. The number of hydrogen-bond donors (Lipinski definition) is 2. The van der Waals surface area contributed by atoms with Crippen LogP contribution in [-0.4, -0.2) is 52.8 Å². The molecule has 2 aliphatic carbocycles. The Morgan fingerprint density at radius 1 is 1.24 bits per heavy atom. The number of carbonyl (C=O) groups is 1. The largest absolute Gasteiger partial charge is 0.394 e. The fourth-order valence-electron chi connectivity index (χ4n) is 5.19. The molecule has 6 rings (SSSR count). The second kappa shape index (κ2) is 9.05. The van der Waals surface area contributed by atoms with Gasteiger partial charge in [0.05, 0.1) is 23.3 Å². The third-order valence-electron chi connectivity index (χ3n) is 7.26. The van der Waals surface area contributed by atoms with Gasteiger partial charge in [-0.3, -0.25) is 14.9 Å². The molecule has 9 nitrogen and oxygen atoms in total. The summed E-state index contributed by atoms with van der Waals surface area (Å²) in [5.41, 5.74) is -0.0274. The Hall–Kier alpha value is -3.06. The first-order valence-electron chi connectivity index (χ1n) is 11.9. The fourth-order valence-corrected chi connectivity index (χ4v) is 6.00. The second-order valence-electron chi connectivity index (χ2n) is 9.69. The summed E-state index contributed by atoms with van der Waals surface area (Å²) in [5, 5.41) is 10.0. The first-order chi connectivity index (χ1) is 17.7. The van der Waals surface area contributed by atoms with E-state index in [1.165, 1.54) is 12.5 Å². The molecular weight excluding hydrogens is 529 g/mol. The van der Waals surface area contributed by atoms with E-state index in [0.29, 0.717) is 39.1 Å². The molecule has 4 aromatic rings. The number of thiazole rings is 1. The normalized spacial score (nSPS) is 21.3. The molecule has 0 bridgehead atoms. The minimum absolute atomic E-state index is 0.0973. The Morgan fingerprint density at radius 2 is 2.08 bits per heavy atom. The van der Waals surface area contributed by atoms with Crippen LogP contribution in [0.25, 0.3) is 22.6 Å². The van der Waals surface area contributed by atoms with Crippen molar-refractivity contribution in [2.24, 2.45) is 5.41 Å². The zero-order valence-corrected chi connectivity index (χ0v) is 21.0. The number of halogens is 4. The van der Waals surface area contributed by atoms with Crippen molar-refractivity contribution >= 4 is 39.9 Å². The van der Waals surface area contributed by atoms with E-state index in [-0.39, 0.29) is 42.3 Å². The van der Waals surface area contributed by atoms with Gasteiger partial charge in [-0.1, -0.05) is 22.9 Å². The van der Waals surface area contributed by atoms with Crippen molar-refractivity contribution in [3.05, 3.63) is 40.0 Å². The van der Waals surface area contributed by atoms with E-state index in [9.17, 15) is 18.0 Å². The molecule has 37 heavy (non-hydrogen) atoms. The number of H-pyrrole nitrogens is 1. The van der Waals surface area contributed by atoms with Crippen LogP contribution in [0.3, 0.4) is 0 Å². The van der Waals surface area contributed by atoms with Crippen LogP contribution in [0.1, 0.15) is 60.2 Å². The van der Waals surface area contributed by atoms with Crippen molar-refractivity contribution < 1.29 is 18.0 Å². The Bertz CT molecular complexity index is 1450. The average molecular weight is 551 g/mol. The lowest BCUT2D eigenvalue weighted by molar-refractivity contribution is -0.187. The lowest BCUT2D eigenvalue weighted by Crippen LogP contribution is -2.39. The topological polar surface area (TPSA) is 114 Å². The van der Waals surface area contributed by atoms with Gasteiger partial charge < -0.3 is 9.88 Å². The van der Waals surface area contributed by atoms with Crippen molar-refractivity contribution in [3.63, 3.8) is 0 Å². The molecule has 4 aromatic heterocycles. The molecule has 0 radical (unpaired) electrons. The van der Waals surface area contributed by atoms with Gasteiger partial charge >= 0.3 is 6.18 Å². The molecule has 2 N–H and O–H groups in total. The number of aromatic amines is 1. The van der Waals surface area contributed by atoms with E-state index < -0.39 is 11.6 Å². The third kappa shape index (κ3) is 4.58.